The number of rotatable bonds is 6. The molecule has 3 rings (SSSR count). The normalized spacial score (nSPS) is 17.1. The molecule has 1 aliphatic heterocycles. The number of halogens is 1. The maximum Gasteiger partial charge on any atom is 0.312 e. The van der Waals surface area contributed by atoms with Gasteiger partial charge in [-0.25, -0.2) is 4.39 Å². The summed E-state index contributed by atoms with van der Waals surface area (Å²) in [4.78, 5) is 38.8. The molecular formula is C22H23FN2O4. The van der Waals surface area contributed by atoms with Crippen LogP contribution in [0.2, 0.25) is 0 Å². The second-order valence-corrected chi connectivity index (χ2v) is 6.97. The zero-order valence-corrected chi connectivity index (χ0v) is 16.4. The molecular weight excluding hydrogens is 375 g/mol. The van der Waals surface area contributed by atoms with Crippen molar-refractivity contribution in [3.05, 3.63) is 59.9 Å². The number of amides is 2. The molecule has 1 saturated heterocycles. The fourth-order valence-corrected chi connectivity index (χ4v) is 3.31. The van der Waals surface area contributed by atoms with Crippen molar-refractivity contribution in [1.82, 2.24) is 0 Å². The van der Waals surface area contributed by atoms with E-state index >= 15 is 0 Å². The van der Waals surface area contributed by atoms with E-state index in [0.717, 1.165) is 17.7 Å². The van der Waals surface area contributed by atoms with E-state index in [1.807, 2.05) is 31.2 Å². The first kappa shape index (κ1) is 20.5. The average molecular weight is 398 g/mol. The number of nitrogens with one attached hydrogen (secondary N) is 1. The molecule has 0 spiro atoms. The van der Waals surface area contributed by atoms with Gasteiger partial charge in [0.05, 0.1) is 5.92 Å². The molecule has 152 valence electrons. The first-order valence-corrected chi connectivity index (χ1v) is 9.54. The minimum atomic E-state index is -1.07. The SMILES string of the molecule is CCc1ccccc1N1C[C@H](C(=O)O[C@@H](C)C(=O)Nc2cccc(F)c2)CC1=O. The number of anilines is 2. The van der Waals surface area contributed by atoms with Crippen LogP contribution in [0.5, 0.6) is 0 Å². The van der Waals surface area contributed by atoms with Gasteiger partial charge in [0.15, 0.2) is 6.10 Å². The standard InChI is InChI=1S/C22H23FN2O4/c1-3-15-7-4-5-10-19(15)25-13-16(11-20(25)26)22(28)29-14(2)21(27)24-18-9-6-8-17(23)12-18/h4-10,12,14,16H,3,11,13H2,1-2H3,(H,24,27)/t14-,16+/m0/s1. The topological polar surface area (TPSA) is 75.7 Å². The van der Waals surface area contributed by atoms with E-state index in [-0.39, 0.29) is 24.6 Å². The van der Waals surface area contributed by atoms with E-state index < -0.39 is 29.7 Å². The Labute approximate surface area is 168 Å². The maximum atomic E-state index is 13.2. The van der Waals surface area contributed by atoms with Crippen molar-refractivity contribution in [3.8, 4) is 0 Å². The van der Waals surface area contributed by atoms with Gasteiger partial charge in [0.1, 0.15) is 5.82 Å². The lowest BCUT2D eigenvalue weighted by Crippen LogP contribution is -2.33. The highest BCUT2D eigenvalue weighted by Gasteiger charge is 2.37. The Hall–Kier alpha value is -3.22. The van der Waals surface area contributed by atoms with Crippen LogP contribution in [0.15, 0.2) is 48.5 Å². The molecule has 0 saturated carbocycles. The molecule has 29 heavy (non-hydrogen) atoms. The number of para-hydroxylation sites is 1. The summed E-state index contributed by atoms with van der Waals surface area (Å²) in [6.45, 7) is 3.66. The maximum absolute atomic E-state index is 13.2. The Kier molecular flexibility index (Phi) is 6.26. The molecule has 0 radical (unpaired) electrons. The van der Waals surface area contributed by atoms with Crippen LogP contribution in [0.4, 0.5) is 15.8 Å². The van der Waals surface area contributed by atoms with Crippen LogP contribution in [0, 0.1) is 11.7 Å². The number of carbonyl (C=O) groups excluding carboxylic acids is 3. The first-order valence-electron chi connectivity index (χ1n) is 9.54. The van der Waals surface area contributed by atoms with Gasteiger partial charge < -0.3 is 15.0 Å². The lowest BCUT2D eigenvalue weighted by Gasteiger charge is -2.20. The highest BCUT2D eigenvalue weighted by molar-refractivity contribution is 6.01. The Morgan fingerprint density at radius 2 is 2.00 bits per heavy atom. The summed E-state index contributed by atoms with van der Waals surface area (Å²) in [6, 6.07) is 13.0. The molecule has 0 unspecified atom stereocenters. The van der Waals surface area contributed by atoms with E-state index in [1.54, 1.807) is 4.90 Å². The van der Waals surface area contributed by atoms with Crippen LogP contribution < -0.4 is 10.2 Å². The van der Waals surface area contributed by atoms with Crippen LogP contribution >= 0.6 is 0 Å². The fraction of sp³-hybridized carbons (Fsp3) is 0.318. The molecule has 2 amide bonds. The molecule has 1 N–H and O–H groups in total. The zero-order chi connectivity index (χ0) is 21.0. The van der Waals surface area contributed by atoms with Crippen molar-refractivity contribution in [2.75, 3.05) is 16.8 Å². The number of esters is 1. The number of hydrogen-bond acceptors (Lipinski definition) is 4. The van der Waals surface area contributed by atoms with Crippen molar-refractivity contribution < 1.29 is 23.5 Å². The summed E-state index contributed by atoms with van der Waals surface area (Å²) >= 11 is 0. The highest BCUT2D eigenvalue weighted by Crippen LogP contribution is 2.29. The summed E-state index contributed by atoms with van der Waals surface area (Å²) in [5, 5.41) is 2.50. The molecule has 2 aromatic carbocycles. The molecule has 1 fully saturated rings. The van der Waals surface area contributed by atoms with Gasteiger partial charge in [-0.3, -0.25) is 14.4 Å². The van der Waals surface area contributed by atoms with Gasteiger partial charge >= 0.3 is 5.97 Å². The van der Waals surface area contributed by atoms with E-state index in [9.17, 15) is 18.8 Å². The van der Waals surface area contributed by atoms with E-state index in [0.29, 0.717) is 0 Å². The molecule has 0 aromatic heterocycles. The molecule has 2 atom stereocenters. The Morgan fingerprint density at radius 1 is 1.24 bits per heavy atom. The number of ether oxygens (including phenoxy) is 1. The van der Waals surface area contributed by atoms with E-state index in [1.165, 1.54) is 31.2 Å². The van der Waals surface area contributed by atoms with Gasteiger partial charge in [-0.1, -0.05) is 31.2 Å². The summed E-state index contributed by atoms with van der Waals surface area (Å²) in [5.41, 5.74) is 2.10. The van der Waals surface area contributed by atoms with E-state index in [2.05, 4.69) is 5.32 Å². The van der Waals surface area contributed by atoms with Crippen molar-refractivity contribution in [3.63, 3.8) is 0 Å². The predicted molar refractivity (Wildman–Crippen MR) is 107 cm³/mol. The molecule has 1 aliphatic rings. The minimum Gasteiger partial charge on any atom is -0.452 e. The second kappa shape index (κ2) is 8.86. The molecule has 0 bridgehead atoms. The van der Waals surface area contributed by atoms with Gasteiger partial charge in [0.2, 0.25) is 5.91 Å². The molecule has 6 nitrogen and oxygen atoms in total. The minimum absolute atomic E-state index is 0.0368. The Bertz CT molecular complexity index is 931. The van der Waals surface area contributed by atoms with Crippen LogP contribution in [-0.2, 0) is 25.5 Å². The quantitative estimate of drug-likeness (QED) is 0.758. The monoisotopic (exact) mass is 398 g/mol. The van der Waals surface area contributed by atoms with Gasteiger partial charge in [0.25, 0.3) is 5.91 Å². The molecule has 0 aliphatic carbocycles. The van der Waals surface area contributed by atoms with Crippen LogP contribution in [0.1, 0.15) is 25.8 Å². The van der Waals surface area contributed by atoms with Gasteiger partial charge in [-0.05, 0) is 43.2 Å². The average Bonchev–Trinajstić information content (AvgIpc) is 3.09. The van der Waals surface area contributed by atoms with Gasteiger partial charge in [-0.15, -0.1) is 0 Å². The third-order valence-corrected chi connectivity index (χ3v) is 4.88. The van der Waals surface area contributed by atoms with Crippen molar-refractivity contribution in [1.29, 1.82) is 0 Å². The second-order valence-electron chi connectivity index (χ2n) is 6.97. The predicted octanol–water partition coefficient (Wildman–Crippen LogP) is 3.31. The molecule has 2 aromatic rings. The van der Waals surface area contributed by atoms with Crippen LogP contribution in [0.3, 0.4) is 0 Å². The number of hydrogen-bond donors (Lipinski definition) is 1. The molecule has 7 heteroatoms. The first-order chi connectivity index (χ1) is 13.9. The third kappa shape index (κ3) is 4.80. The summed E-state index contributed by atoms with van der Waals surface area (Å²) in [5.74, 6) is -2.44. The van der Waals surface area contributed by atoms with Gasteiger partial charge in [0, 0.05) is 24.3 Å². The Balaban J connectivity index is 1.60. The van der Waals surface area contributed by atoms with Gasteiger partial charge in [-0.2, -0.15) is 0 Å². The third-order valence-electron chi connectivity index (χ3n) is 4.88. The fourth-order valence-electron chi connectivity index (χ4n) is 3.31. The van der Waals surface area contributed by atoms with Crippen molar-refractivity contribution in [2.24, 2.45) is 5.92 Å². The smallest absolute Gasteiger partial charge is 0.312 e. The largest absolute Gasteiger partial charge is 0.452 e. The lowest BCUT2D eigenvalue weighted by atomic mass is 10.1. The summed E-state index contributed by atoms with van der Waals surface area (Å²) in [6.07, 6.45) is -0.264. The number of carbonyl (C=O) groups is 3. The summed E-state index contributed by atoms with van der Waals surface area (Å²) in [7, 11) is 0. The molecule has 1 heterocycles. The van der Waals surface area contributed by atoms with E-state index in [4.69, 9.17) is 4.74 Å². The van der Waals surface area contributed by atoms with Crippen molar-refractivity contribution >= 4 is 29.2 Å². The van der Waals surface area contributed by atoms with Crippen LogP contribution in [0.25, 0.3) is 0 Å². The van der Waals surface area contributed by atoms with Crippen LogP contribution in [-0.4, -0.2) is 30.4 Å². The zero-order valence-electron chi connectivity index (χ0n) is 16.4. The highest BCUT2D eigenvalue weighted by atomic mass is 19.1. The van der Waals surface area contributed by atoms with Crippen molar-refractivity contribution in [2.45, 2.75) is 32.8 Å². The number of benzene rings is 2. The Morgan fingerprint density at radius 3 is 2.72 bits per heavy atom. The number of aryl methyl sites for hydroxylation is 1. The number of nitrogens with zero attached hydrogens (tertiary/aromatic N) is 1. The lowest BCUT2D eigenvalue weighted by molar-refractivity contribution is -0.157. The summed E-state index contributed by atoms with van der Waals surface area (Å²) < 4.78 is 18.5.